The number of H-pyrrole nitrogens is 1. The highest BCUT2D eigenvalue weighted by molar-refractivity contribution is 7.16. The Balaban J connectivity index is 2.15. The lowest BCUT2D eigenvalue weighted by atomic mass is 10.1. The molecule has 0 bridgehead atoms. The minimum Gasteiger partial charge on any atom is -0.312 e. The third-order valence-corrected chi connectivity index (χ3v) is 4.01. The summed E-state index contributed by atoms with van der Waals surface area (Å²) >= 11 is 7.30. The van der Waals surface area contributed by atoms with E-state index in [1.165, 1.54) is 11.3 Å². The number of likely N-dealkylation sites (N-methyl/N-ethyl adjacent to an activating group) is 1. The maximum absolute atomic E-state index is 12.2. The Labute approximate surface area is 108 Å². The van der Waals surface area contributed by atoms with Crippen molar-refractivity contribution < 1.29 is 4.79 Å². The van der Waals surface area contributed by atoms with Gasteiger partial charge in [-0.2, -0.15) is 5.10 Å². The van der Waals surface area contributed by atoms with E-state index in [1.54, 1.807) is 24.3 Å². The number of carbonyl (C=O) groups excluding carboxylic acids is 1. The number of aromatic amines is 1. The molecule has 0 radical (unpaired) electrons. The molecule has 0 aliphatic carbocycles. The summed E-state index contributed by atoms with van der Waals surface area (Å²) in [5, 5.41) is 6.51. The van der Waals surface area contributed by atoms with Gasteiger partial charge in [-0.05, 0) is 19.1 Å². The van der Waals surface area contributed by atoms with Crippen LogP contribution >= 0.6 is 22.9 Å². The molecule has 0 spiro atoms. The van der Waals surface area contributed by atoms with Crippen LogP contribution in [-0.4, -0.2) is 23.2 Å². The number of halogens is 1. The summed E-state index contributed by atoms with van der Waals surface area (Å²) in [6, 6.07) is 3.70. The van der Waals surface area contributed by atoms with Gasteiger partial charge >= 0.3 is 0 Å². The average Bonchev–Trinajstić information content (AvgIpc) is 2.96. The van der Waals surface area contributed by atoms with E-state index in [4.69, 9.17) is 11.6 Å². The van der Waals surface area contributed by atoms with Crippen molar-refractivity contribution in [3.8, 4) is 0 Å². The molecular formula is C11H12ClN3OS. The summed E-state index contributed by atoms with van der Waals surface area (Å²) in [6.45, 7) is 1.88. The zero-order valence-electron chi connectivity index (χ0n) is 9.48. The number of anilines is 1. The Kier molecular flexibility index (Phi) is 3.49. The number of nitrogens with one attached hydrogen (secondary N) is 1. The largest absolute Gasteiger partial charge is 0.312 e. The fourth-order valence-corrected chi connectivity index (χ4v) is 2.63. The fraction of sp³-hybridized carbons (Fsp3) is 0.273. The second-order valence-electron chi connectivity index (χ2n) is 3.72. The number of thiophene rings is 1. The number of aromatic nitrogens is 2. The quantitative estimate of drug-likeness (QED) is 0.931. The van der Waals surface area contributed by atoms with Crippen LogP contribution in [0.5, 0.6) is 0 Å². The molecule has 1 unspecified atom stereocenters. The predicted octanol–water partition coefficient (Wildman–Crippen LogP) is 2.89. The highest BCUT2D eigenvalue weighted by Crippen LogP contribution is 2.29. The molecule has 2 rings (SSSR count). The summed E-state index contributed by atoms with van der Waals surface area (Å²) in [5.41, 5.74) is 0.754. The number of hydrogen-bond donors (Lipinski definition) is 1. The molecule has 2 heterocycles. The van der Waals surface area contributed by atoms with Crippen LogP contribution in [0.1, 0.15) is 17.7 Å². The van der Waals surface area contributed by atoms with Crippen LogP contribution in [0.25, 0.3) is 0 Å². The Morgan fingerprint density at radius 1 is 1.59 bits per heavy atom. The summed E-state index contributed by atoms with van der Waals surface area (Å²) in [6.07, 6.45) is 3.30. The summed E-state index contributed by atoms with van der Waals surface area (Å²) < 4.78 is 0.700. The van der Waals surface area contributed by atoms with Crippen molar-refractivity contribution >= 4 is 34.5 Å². The van der Waals surface area contributed by atoms with E-state index in [-0.39, 0.29) is 11.8 Å². The normalized spacial score (nSPS) is 12.4. The lowest BCUT2D eigenvalue weighted by molar-refractivity contribution is -0.119. The minimum absolute atomic E-state index is 0.0184. The van der Waals surface area contributed by atoms with E-state index in [9.17, 15) is 4.79 Å². The van der Waals surface area contributed by atoms with Gasteiger partial charge in [-0.15, -0.1) is 11.3 Å². The summed E-state index contributed by atoms with van der Waals surface area (Å²) in [5.74, 6) is -0.183. The van der Waals surface area contributed by atoms with Crippen LogP contribution in [0.3, 0.4) is 0 Å². The predicted molar refractivity (Wildman–Crippen MR) is 69.7 cm³/mol. The van der Waals surface area contributed by atoms with Gasteiger partial charge in [-0.1, -0.05) is 11.6 Å². The Morgan fingerprint density at radius 3 is 2.88 bits per heavy atom. The number of amides is 1. The molecule has 1 amide bonds. The topological polar surface area (TPSA) is 49.0 Å². The standard InChI is InChI=1S/C11H12ClN3OS/c1-7(9-3-4-10(12)17-9)11(16)15(2)8-5-13-14-6-8/h3-7H,1-2H3,(H,13,14). The molecular weight excluding hydrogens is 258 g/mol. The molecule has 0 fully saturated rings. The van der Waals surface area contributed by atoms with Crippen LogP contribution in [-0.2, 0) is 4.79 Å². The van der Waals surface area contributed by atoms with Crippen molar-refractivity contribution in [2.75, 3.05) is 11.9 Å². The number of nitrogens with zero attached hydrogens (tertiary/aromatic N) is 2. The molecule has 2 aromatic rings. The van der Waals surface area contributed by atoms with E-state index < -0.39 is 0 Å². The van der Waals surface area contributed by atoms with Crippen molar-refractivity contribution in [1.82, 2.24) is 10.2 Å². The van der Waals surface area contributed by atoms with E-state index in [1.807, 2.05) is 19.1 Å². The first-order valence-corrected chi connectivity index (χ1v) is 6.30. The van der Waals surface area contributed by atoms with Gasteiger partial charge in [-0.3, -0.25) is 9.89 Å². The molecule has 2 aromatic heterocycles. The maximum atomic E-state index is 12.2. The third kappa shape index (κ3) is 2.50. The molecule has 17 heavy (non-hydrogen) atoms. The molecule has 0 aromatic carbocycles. The highest BCUT2D eigenvalue weighted by atomic mass is 35.5. The molecule has 0 saturated carbocycles. The van der Waals surface area contributed by atoms with E-state index in [0.717, 1.165) is 10.6 Å². The minimum atomic E-state index is -0.201. The first kappa shape index (κ1) is 12.1. The first-order chi connectivity index (χ1) is 8.09. The van der Waals surface area contributed by atoms with Gasteiger partial charge in [0.1, 0.15) is 0 Å². The van der Waals surface area contributed by atoms with Crippen LogP contribution in [0, 0.1) is 0 Å². The van der Waals surface area contributed by atoms with Crippen molar-refractivity contribution in [3.63, 3.8) is 0 Å². The zero-order chi connectivity index (χ0) is 12.4. The molecule has 1 N–H and O–H groups in total. The monoisotopic (exact) mass is 269 g/mol. The smallest absolute Gasteiger partial charge is 0.234 e. The van der Waals surface area contributed by atoms with E-state index in [0.29, 0.717) is 4.34 Å². The molecule has 4 nitrogen and oxygen atoms in total. The van der Waals surface area contributed by atoms with Crippen molar-refractivity contribution in [2.45, 2.75) is 12.8 Å². The summed E-state index contributed by atoms with van der Waals surface area (Å²) in [7, 11) is 1.74. The van der Waals surface area contributed by atoms with Gasteiger partial charge in [0.25, 0.3) is 0 Å². The van der Waals surface area contributed by atoms with Gasteiger partial charge in [0.05, 0.1) is 22.1 Å². The third-order valence-electron chi connectivity index (χ3n) is 2.59. The molecule has 1 atom stereocenters. The van der Waals surface area contributed by atoms with Crippen molar-refractivity contribution in [3.05, 3.63) is 33.7 Å². The van der Waals surface area contributed by atoms with E-state index in [2.05, 4.69) is 10.2 Å². The molecule has 0 aliphatic heterocycles. The van der Waals surface area contributed by atoms with Gasteiger partial charge in [0, 0.05) is 18.1 Å². The van der Waals surface area contributed by atoms with Gasteiger partial charge in [0.15, 0.2) is 0 Å². The second kappa shape index (κ2) is 4.89. The van der Waals surface area contributed by atoms with E-state index >= 15 is 0 Å². The van der Waals surface area contributed by atoms with Crippen LogP contribution < -0.4 is 4.90 Å². The maximum Gasteiger partial charge on any atom is 0.234 e. The SMILES string of the molecule is CC(C(=O)N(C)c1cn[nH]c1)c1ccc(Cl)s1. The molecule has 0 aliphatic rings. The van der Waals surface area contributed by atoms with Crippen molar-refractivity contribution in [1.29, 1.82) is 0 Å². The lowest BCUT2D eigenvalue weighted by Gasteiger charge is -2.18. The highest BCUT2D eigenvalue weighted by Gasteiger charge is 2.22. The Hall–Kier alpha value is -1.33. The lowest BCUT2D eigenvalue weighted by Crippen LogP contribution is -2.29. The number of hydrogen-bond acceptors (Lipinski definition) is 3. The van der Waals surface area contributed by atoms with Crippen molar-refractivity contribution in [2.24, 2.45) is 0 Å². The fourth-order valence-electron chi connectivity index (χ4n) is 1.53. The van der Waals surface area contributed by atoms with Crippen LogP contribution in [0.2, 0.25) is 4.34 Å². The summed E-state index contributed by atoms with van der Waals surface area (Å²) in [4.78, 5) is 14.8. The molecule has 6 heteroatoms. The van der Waals surface area contributed by atoms with Gasteiger partial charge < -0.3 is 4.90 Å². The van der Waals surface area contributed by atoms with Crippen LogP contribution in [0.4, 0.5) is 5.69 Å². The molecule has 0 saturated heterocycles. The van der Waals surface area contributed by atoms with Gasteiger partial charge in [0.2, 0.25) is 5.91 Å². The van der Waals surface area contributed by atoms with Gasteiger partial charge in [-0.25, -0.2) is 0 Å². The number of carbonyl (C=O) groups is 1. The Bertz CT molecular complexity index is 509. The molecule has 90 valence electrons. The second-order valence-corrected chi connectivity index (χ2v) is 5.46. The Morgan fingerprint density at radius 2 is 2.35 bits per heavy atom. The zero-order valence-corrected chi connectivity index (χ0v) is 11.0. The first-order valence-electron chi connectivity index (χ1n) is 5.11. The van der Waals surface area contributed by atoms with Crippen LogP contribution in [0.15, 0.2) is 24.5 Å². The average molecular weight is 270 g/mol. The number of rotatable bonds is 3.